The summed E-state index contributed by atoms with van der Waals surface area (Å²) in [5.41, 5.74) is 25.4. The zero-order valence-corrected chi connectivity index (χ0v) is 48.6. The molecule has 0 atom stereocenters. The van der Waals surface area contributed by atoms with Crippen LogP contribution in [-0.2, 0) is 30.1 Å². The number of hydrogen-bond donors (Lipinski definition) is 0. The lowest BCUT2D eigenvalue weighted by atomic mass is 9.69. The summed E-state index contributed by atoms with van der Waals surface area (Å²) in [5.74, 6) is 0. The van der Waals surface area contributed by atoms with Crippen LogP contribution in [0.4, 0.5) is 5.69 Å². The Balaban J connectivity index is 1.53. The molecular formula is C72H95N. The lowest BCUT2D eigenvalue weighted by molar-refractivity contribution is 0.400. The van der Waals surface area contributed by atoms with Crippen LogP contribution < -0.4 is 0 Å². The summed E-state index contributed by atoms with van der Waals surface area (Å²) in [4.78, 5) is 5.87. The van der Waals surface area contributed by atoms with Crippen molar-refractivity contribution in [3.8, 4) is 11.1 Å². The summed E-state index contributed by atoms with van der Waals surface area (Å²) in [6.45, 7) is 34.6. The Kier molecular flexibility index (Phi) is 20.1. The normalized spacial score (nSPS) is 14.5. The zero-order chi connectivity index (χ0) is 52.9. The lowest BCUT2D eigenvalue weighted by Gasteiger charge is -2.34. The summed E-state index contributed by atoms with van der Waals surface area (Å²) in [7, 11) is 0. The molecule has 0 fully saturated rings. The Morgan fingerprint density at radius 1 is 0.521 bits per heavy atom. The average Bonchev–Trinajstić information content (AvgIpc) is 3.64. The zero-order valence-electron chi connectivity index (χ0n) is 48.6. The molecule has 5 aromatic carbocycles. The first kappa shape index (κ1) is 57.0. The van der Waals surface area contributed by atoms with Crippen LogP contribution in [-0.4, -0.2) is 5.71 Å². The predicted molar refractivity (Wildman–Crippen MR) is 325 cm³/mol. The van der Waals surface area contributed by atoms with Gasteiger partial charge < -0.3 is 0 Å². The monoisotopic (exact) mass is 974 g/mol. The second kappa shape index (κ2) is 25.8. The highest BCUT2D eigenvalue weighted by Crippen LogP contribution is 2.55. The summed E-state index contributed by atoms with van der Waals surface area (Å²) < 4.78 is 0. The molecule has 0 spiro atoms. The molecule has 1 aliphatic rings. The molecule has 0 amide bonds. The molecule has 388 valence electrons. The van der Waals surface area contributed by atoms with Gasteiger partial charge in [-0.3, -0.25) is 4.99 Å². The number of unbranched alkanes of at least 4 members (excludes halogenated alkanes) is 6. The molecule has 73 heavy (non-hydrogen) atoms. The minimum atomic E-state index is 0.0273. The summed E-state index contributed by atoms with van der Waals surface area (Å²) in [5, 5.41) is 0. The van der Waals surface area contributed by atoms with Crippen molar-refractivity contribution >= 4 is 28.1 Å². The average molecular weight is 975 g/mol. The number of aliphatic imine (C=N–C) groups is 1. The van der Waals surface area contributed by atoms with Crippen LogP contribution in [0.2, 0.25) is 0 Å². The van der Waals surface area contributed by atoms with E-state index in [0.717, 1.165) is 43.5 Å². The molecule has 5 aromatic rings. The molecule has 1 nitrogen and oxygen atoms in total. The number of rotatable bonds is 23. The molecule has 0 saturated heterocycles. The first-order chi connectivity index (χ1) is 34.9. The molecule has 6 rings (SSSR count). The quantitative estimate of drug-likeness (QED) is 0.0351. The maximum atomic E-state index is 5.87. The van der Waals surface area contributed by atoms with E-state index in [-0.39, 0.29) is 16.2 Å². The third kappa shape index (κ3) is 14.1. The van der Waals surface area contributed by atoms with Crippen molar-refractivity contribution in [3.63, 3.8) is 0 Å². The van der Waals surface area contributed by atoms with Crippen molar-refractivity contribution in [1.29, 1.82) is 0 Å². The number of allylic oxidation sites excluding steroid dienone is 8. The fourth-order valence-electron chi connectivity index (χ4n) is 11.0. The van der Waals surface area contributed by atoms with Crippen LogP contribution in [0.15, 0.2) is 132 Å². The van der Waals surface area contributed by atoms with Crippen molar-refractivity contribution in [3.05, 3.63) is 188 Å². The van der Waals surface area contributed by atoms with Crippen molar-refractivity contribution in [2.45, 2.75) is 211 Å². The van der Waals surface area contributed by atoms with E-state index in [0.29, 0.717) is 0 Å². The Bertz CT molecular complexity index is 2770. The topological polar surface area (TPSA) is 12.4 Å². The highest BCUT2D eigenvalue weighted by molar-refractivity contribution is 6.04. The molecule has 1 aliphatic carbocycles. The molecule has 0 saturated carbocycles. The van der Waals surface area contributed by atoms with Crippen LogP contribution in [0, 0.1) is 12.3 Å². The fraction of sp³-hybridized carbons (Fsp3) is 0.458. The standard InChI is InChI=1S/C72H95N/c1-16-21-23-25-46-72(47-26-24-22-17-2)66-49-60(40-42-64(66)65-43-41-61(50-67(65)72)71(13,14)15)51(6)29-37-58(27-18-3)63-45-44-62(52(7)28-30-53(8)70(10,11)12)54(9)69(63)73-68(59-38-35-56(20-5)36-39-59)48-57-33-31-55(19-4)32-34-57/h28-45,49-50H,16-27,46-48H2,1-15H3/b51-29+,52-28+,53-30+,58-37+,73-68?. The first-order valence-electron chi connectivity index (χ1n) is 28.8. The first-order valence-corrected chi connectivity index (χ1v) is 28.8. The Labute approximate surface area is 446 Å². The van der Waals surface area contributed by atoms with Gasteiger partial charge in [-0.1, -0.05) is 255 Å². The number of benzene rings is 5. The van der Waals surface area contributed by atoms with Crippen molar-refractivity contribution < 1.29 is 0 Å². The Morgan fingerprint density at radius 3 is 1.62 bits per heavy atom. The Morgan fingerprint density at radius 2 is 1.05 bits per heavy atom. The van der Waals surface area contributed by atoms with Gasteiger partial charge in [-0.15, -0.1) is 0 Å². The van der Waals surface area contributed by atoms with Crippen LogP contribution in [0.25, 0.3) is 27.8 Å². The molecule has 0 aliphatic heterocycles. The third-order valence-corrected chi connectivity index (χ3v) is 16.4. The minimum absolute atomic E-state index is 0.0273. The lowest BCUT2D eigenvalue weighted by Crippen LogP contribution is -2.26. The second-order valence-corrected chi connectivity index (χ2v) is 23.8. The van der Waals surface area contributed by atoms with E-state index in [9.17, 15) is 0 Å². The molecule has 0 heterocycles. The molecule has 0 N–H and O–H groups in total. The number of hydrogen-bond acceptors (Lipinski definition) is 1. The maximum absolute atomic E-state index is 5.87. The Hall–Kier alpha value is -5.27. The van der Waals surface area contributed by atoms with Gasteiger partial charge in [-0.05, 0) is 160 Å². The third-order valence-electron chi connectivity index (χ3n) is 16.4. The van der Waals surface area contributed by atoms with Crippen LogP contribution in [0.5, 0.6) is 0 Å². The van der Waals surface area contributed by atoms with Gasteiger partial charge in [-0.25, -0.2) is 0 Å². The fourth-order valence-corrected chi connectivity index (χ4v) is 11.0. The van der Waals surface area contributed by atoms with Crippen LogP contribution in [0.3, 0.4) is 0 Å². The van der Waals surface area contributed by atoms with Crippen LogP contribution in [0.1, 0.15) is 235 Å². The largest absolute Gasteiger partial charge is 0.252 e. The number of fused-ring (bicyclic) bond motifs is 3. The maximum Gasteiger partial charge on any atom is 0.0743 e. The van der Waals surface area contributed by atoms with E-state index in [1.807, 2.05) is 0 Å². The van der Waals surface area contributed by atoms with Gasteiger partial charge in [0.1, 0.15) is 0 Å². The van der Waals surface area contributed by atoms with Gasteiger partial charge in [0.25, 0.3) is 0 Å². The van der Waals surface area contributed by atoms with E-state index >= 15 is 0 Å². The highest BCUT2D eigenvalue weighted by Gasteiger charge is 2.43. The molecule has 0 unspecified atom stereocenters. The summed E-state index contributed by atoms with van der Waals surface area (Å²) >= 11 is 0. The van der Waals surface area contributed by atoms with E-state index < -0.39 is 0 Å². The van der Waals surface area contributed by atoms with E-state index in [2.05, 4.69) is 225 Å². The van der Waals surface area contributed by atoms with E-state index in [1.165, 1.54) is 148 Å². The van der Waals surface area contributed by atoms with Crippen LogP contribution >= 0.6 is 0 Å². The number of nitrogens with zero attached hydrogens (tertiary/aromatic N) is 1. The van der Waals surface area contributed by atoms with Gasteiger partial charge in [0.15, 0.2) is 0 Å². The van der Waals surface area contributed by atoms with Gasteiger partial charge in [0, 0.05) is 17.4 Å². The highest BCUT2D eigenvalue weighted by atomic mass is 14.8. The molecule has 0 bridgehead atoms. The van der Waals surface area contributed by atoms with Crippen molar-refractivity contribution in [2.24, 2.45) is 10.4 Å². The summed E-state index contributed by atoms with van der Waals surface area (Å²) in [6, 6.07) is 38.1. The van der Waals surface area contributed by atoms with Crippen molar-refractivity contribution in [2.75, 3.05) is 0 Å². The summed E-state index contributed by atoms with van der Waals surface area (Å²) in [6.07, 6.45) is 27.0. The van der Waals surface area contributed by atoms with Gasteiger partial charge in [0.2, 0.25) is 0 Å². The molecule has 1 heteroatoms. The van der Waals surface area contributed by atoms with Crippen molar-refractivity contribution in [1.82, 2.24) is 0 Å². The SMILES string of the molecule is CCCCCCC1(CCCCCC)c2cc(/C(C)=C/C=C(\CCC)c3ccc(/C(C)=C/C=C(\C)C(C)(C)C)c(C)c3N=C(Cc3ccc(CC)cc3)c3ccc(CC)cc3)ccc2-c2ccc(C(C)(C)C)cc21. The molecular weight excluding hydrogens is 879 g/mol. The minimum Gasteiger partial charge on any atom is -0.252 e. The van der Waals surface area contributed by atoms with Gasteiger partial charge in [0.05, 0.1) is 11.4 Å². The smallest absolute Gasteiger partial charge is 0.0743 e. The van der Waals surface area contributed by atoms with E-state index in [4.69, 9.17) is 4.99 Å². The second-order valence-electron chi connectivity index (χ2n) is 23.8. The predicted octanol–water partition coefficient (Wildman–Crippen LogP) is 21.7. The van der Waals surface area contributed by atoms with Gasteiger partial charge in [-0.2, -0.15) is 0 Å². The number of aryl methyl sites for hydroxylation is 2. The van der Waals surface area contributed by atoms with Gasteiger partial charge >= 0.3 is 0 Å². The molecule has 0 aromatic heterocycles. The van der Waals surface area contributed by atoms with E-state index in [1.54, 1.807) is 11.1 Å². The molecule has 0 radical (unpaired) electrons.